The van der Waals surface area contributed by atoms with Crippen LogP contribution in [0, 0.1) is 5.82 Å². The Bertz CT molecular complexity index is 1640. The number of aliphatic hydroxyl groups excluding tert-OH is 4. The normalized spacial score (nSPS) is 25.3. The van der Waals surface area contributed by atoms with Crippen LogP contribution in [-0.2, 0) is 9.47 Å². The zero-order valence-electron chi connectivity index (χ0n) is 24.9. The molecular formula is C36H36FNO7S. The Hall–Kier alpha value is -3.90. The number of aliphatic hydroxyl groups is 4. The van der Waals surface area contributed by atoms with Crippen molar-refractivity contribution in [3.63, 3.8) is 0 Å². The maximum atomic E-state index is 13.4. The number of ether oxygens (including phenoxy) is 2. The third kappa shape index (κ3) is 6.64. The molecule has 10 heteroatoms. The van der Waals surface area contributed by atoms with Gasteiger partial charge in [0.05, 0.1) is 24.9 Å². The minimum Gasteiger partial charge on any atom is -0.508 e. The first-order chi connectivity index (χ1) is 22.2. The number of nitrogens with zero attached hydrogens (tertiary/aromatic N) is 1. The van der Waals surface area contributed by atoms with Gasteiger partial charge in [-0.05, 0) is 77.6 Å². The third-order valence-corrected chi connectivity index (χ3v) is 9.10. The van der Waals surface area contributed by atoms with Crippen molar-refractivity contribution in [2.45, 2.75) is 61.9 Å². The van der Waals surface area contributed by atoms with Gasteiger partial charge in [0.2, 0.25) is 0 Å². The molecule has 7 atom stereocenters. The van der Waals surface area contributed by atoms with E-state index < -0.39 is 49.3 Å². The van der Waals surface area contributed by atoms with E-state index >= 15 is 0 Å². The topological polar surface area (TPSA) is 123 Å². The lowest BCUT2D eigenvalue weighted by atomic mass is 9.91. The van der Waals surface area contributed by atoms with Gasteiger partial charge in [-0.1, -0.05) is 66.7 Å². The van der Waals surface area contributed by atoms with Crippen LogP contribution in [0.4, 0.5) is 10.1 Å². The van der Waals surface area contributed by atoms with Crippen LogP contribution in [0.5, 0.6) is 5.75 Å². The van der Waals surface area contributed by atoms with Crippen LogP contribution in [0.2, 0.25) is 0 Å². The smallest absolute Gasteiger partial charge is 0.264 e. The molecule has 2 saturated heterocycles. The lowest BCUT2D eigenvalue weighted by molar-refractivity contribution is -0.181. The molecule has 2 aliphatic rings. The standard InChI is InChI=1S/C36H36FNO7S/c37-25-13-10-22(11-14-25)28(40)16-17-31-34(38(36(46)45-31)26-4-2-1-3-5-26)27-15-12-24(18-29(27)41)21-6-8-23(9-7-21)32-19-30(42)35(43)33(20-39)44-32/h1-15,18,28,30-35,39-43H,16-17,19-20H2/t28?,30-,31-,32-,33-,34-,35+/m1/s1. The molecule has 240 valence electrons. The predicted octanol–water partition coefficient (Wildman–Crippen LogP) is 5.49. The van der Waals surface area contributed by atoms with E-state index in [1.54, 1.807) is 18.2 Å². The second-order valence-electron chi connectivity index (χ2n) is 11.8. The molecule has 0 saturated carbocycles. The molecule has 4 aromatic rings. The Morgan fingerprint density at radius 2 is 1.59 bits per heavy atom. The van der Waals surface area contributed by atoms with Crippen molar-refractivity contribution in [1.82, 2.24) is 0 Å². The molecule has 2 aliphatic heterocycles. The van der Waals surface area contributed by atoms with Crippen LogP contribution in [-0.4, -0.2) is 61.7 Å². The molecule has 0 aliphatic carbocycles. The average molecular weight is 646 g/mol. The van der Waals surface area contributed by atoms with Crippen LogP contribution in [0.3, 0.4) is 0 Å². The number of halogens is 1. The molecule has 0 spiro atoms. The van der Waals surface area contributed by atoms with Crippen molar-refractivity contribution in [3.05, 3.63) is 120 Å². The van der Waals surface area contributed by atoms with E-state index in [1.807, 2.05) is 71.6 Å². The number of benzene rings is 4. The highest BCUT2D eigenvalue weighted by molar-refractivity contribution is 7.80. The first-order valence-corrected chi connectivity index (χ1v) is 15.7. The van der Waals surface area contributed by atoms with E-state index in [0.29, 0.717) is 24.0 Å². The fraction of sp³-hybridized carbons (Fsp3) is 0.306. The Kier molecular flexibility index (Phi) is 9.65. The Balaban J connectivity index is 1.24. The fourth-order valence-electron chi connectivity index (χ4n) is 6.30. The van der Waals surface area contributed by atoms with Crippen LogP contribution in [0.1, 0.15) is 54.2 Å². The largest absolute Gasteiger partial charge is 0.508 e. The summed E-state index contributed by atoms with van der Waals surface area (Å²) in [5, 5.41) is 52.3. The summed E-state index contributed by atoms with van der Waals surface area (Å²) in [5.74, 6) is -0.313. The molecule has 0 aromatic heterocycles. The summed E-state index contributed by atoms with van der Waals surface area (Å²) in [4.78, 5) is 1.88. The number of aromatic hydroxyl groups is 1. The number of rotatable bonds is 9. The molecule has 1 unspecified atom stereocenters. The first-order valence-electron chi connectivity index (χ1n) is 15.3. The van der Waals surface area contributed by atoms with Crippen LogP contribution in [0.25, 0.3) is 11.1 Å². The van der Waals surface area contributed by atoms with Crippen molar-refractivity contribution in [2.75, 3.05) is 11.5 Å². The maximum Gasteiger partial charge on any atom is 0.264 e. The quantitative estimate of drug-likeness (QED) is 0.151. The third-order valence-electron chi connectivity index (χ3n) is 8.81. The number of phenols is 1. The zero-order chi connectivity index (χ0) is 32.4. The van der Waals surface area contributed by atoms with Crippen LogP contribution < -0.4 is 4.90 Å². The SMILES string of the molecule is OC[C@H]1O[C@@H](c2ccc(-c3ccc([C@@H]4[C@@H](CCC(O)c5ccc(F)cc5)OC(=S)N4c4ccccc4)c(O)c3)cc2)C[C@@H](O)[C@@H]1O. The molecule has 4 aromatic carbocycles. The van der Waals surface area contributed by atoms with E-state index in [1.165, 1.54) is 12.1 Å². The van der Waals surface area contributed by atoms with Gasteiger partial charge in [0.1, 0.15) is 35.9 Å². The summed E-state index contributed by atoms with van der Waals surface area (Å²) in [5.41, 5.74) is 4.45. The van der Waals surface area contributed by atoms with Crippen LogP contribution in [0.15, 0.2) is 97.1 Å². The molecular weight excluding hydrogens is 609 g/mol. The molecule has 5 N–H and O–H groups in total. The highest BCUT2D eigenvalue weighted by atomic mass is 32.1. The van der Waals surface area contributed by atoms with Gasteiger partial charge in [-0.15, -0.1) is 0 Å². The van der Waals surface area contributed by atoms with Gasteiger partial charge in [-0.25, -0.2) is 4.39 Å². The lowest BCUT2D eigenvalue weighted by Gasteiger charge is -2.36. The summed E-state index contributed by atoms with van der Waals surface area (Å²) >= 11 is 5.67. The molecule has 46 heavy (non-hydrogen) atoms. The average Bonchev–Trinajstić information content (AvgIpc) is 3.40. The fourth-order valence-corrected chi connectivity index (χ4v) is 6.64. The van der Waals surface area contributed by atoms with Gasteiger partial charge in [0.25, 0.3) is 5.17 Å². The van der Waals surface area contributed by atoms with E-state index in [4.69, 9.17) is 21.7 Å². The molecule has 6 rings (SSSR count). The van der Waals surface area contributed by atoms with E-state index in [-0.39, 0.29) is 23.2 Å². The number of hydrogen-bond acceptors (Lipinski definition) is 8. The number of para-hydroxylation sites is 1. The van der Waals surface area contributed by atoms with E-state index in [9.17, 15) is 29.9 Å². The first kappa shape index (κ1) is 32.1. The Labute approximate surface area is 271 Å². The van der Waals surface area contributed by atoms with Crippen molar-refractivity contribution < 1.29 is 39.4 Å². The van der Waals surface area contributed by atoms with Crippen molar-refractivity contribution in [3.8, 4) is 16.9 Å². The van der Waals surface area contributed by atoms with Gasteiger partial charge in [-0.3, -0.25) is 4.90 Å². The molecule has 8 nitrogen and oxygen atoms in total. The molecule has 0 bridgehead atoms. The molecule has 0 amide bonds. The summed E-state index contributed by atoms with van der Waals surface area (Å²) in [6.07, 6.45) is -3.83. The Morgan fingerprint density at radius 3 is 2.26 bits per heavy atom. The van der Waals surface area contributed by atoms with Gasteiger partial charge in [0.15, 0.2) is 0 Å². The summed E-state index contributed by atoms with van der Waals surface area (Å²) in [6.45, 7) is -0.396. The predicted molar refractivity (Wildman–Crippen MR) is 175 cm³/mol. The molecule has 0 radical (unpaired) electrons. The van der Waals surface area contributed by atoms with Crippen LogP contribution >= 0.6 is 12.2 Å². The number of phenolic OH excluding ortho intramolecular Hbond substituents is 1. The number of anilines is 1. The summed E-state index contributed by atoms with van der Waals surface area (Å²) < 4.78 is 25.4. The highest BCUT2D eigenvalue weighted by Crippen LogP contribution is 2.44. The molecule has 2 fully saturated rings. The highest BCUT2D eigenvalue weighted by Gasteiger charge is 2.42. The Morgan fingerprint density at radius 1 is 0.891 bits per heavy atom. The lowest BCUT2D eigenvalue weighted by Crippen LogP contribution is -2.47. The zero-order valence-corrected chi connectivity index (χ0v) is 25.7. The van der Waals surface area contributed by atoms with Crippen molar-refractivity contribution in [1.29, 1.82) is 0 Å². The number of hydrogen-bond donors (Lipinski definition) is 5. The van der Waals surface area contributed by atoms with Crippen molar-refractivity contribution in [2.24, 2.45) is 0 Å². The van der Waals surface area contributed by atoms with Crippen molar-refractivity contribution >= 4 is 23.1 Å². The summed E-state index contributed by atoms with van der Waals surface area (Å²) in [7, 11) is 0. The van der Waals surface area contributed by atoms with E-state index in [0.717, 1.165) is 22.4 Å². The monoisotopic (exact) mass is 645 g/mol. The van der Waals surface area contributed by atoms with Gasteiger partial charge in [0, 0.05) is 17.7 Å². The summed E-state index contributed by atoms with van der Waals surface area (Å²) in [6, 6.07) is 27.8. The molecule has 2 heterocycles. The second kappa shape index (κ2) is 13.8. The second-order valence-corrected chi connectivity index (χ2v) is 12.1. The number of thiocarbonyl (C=S) groups is 1. The van der Waals surface area contributed by atoms with Gasteiger partial charge in [-0.2, -0.15) is 0 Å². The van der Waals surface area contributed by atoms with Gasteiger partial charge < -0.3 is 35.0 Å². The van der Waals surface area contributed by atoms with E-state index in [2.05, 4.69) is 0 Å². The maximum absolute atomic E-state index is 13.4. The van der Waals surface area contributed by atoms with Gasteiger partial charge >= 0.3 is 0 Å². The minimum atomic E-state index is -1.14. The minimum absolute atomic E-state index is 0.0587.